The molecule has 0 unspecified atom stereocenters. The minimum Gasteiger partial charge on any atom is -0.551 e. The van der Waals surface area contributed by atoms with Crippen molar-refractivity contribution in [2.45, 2.75) is 0 Å². The number of hydrogen-bond donors (Lipinski definition) is 0. The first-order chi connectivity index (χ1) is 36.2. The van der Waals surface area contributed by atoms with E-state index in [4.69, 9.17) is 9.31 Å². The maximum atomic E-state index is 7.26. The summed E-state index contributed by atoms with van der Waals surface area (Å²) in [5.74, 6) is 1.78. The van der Waals surface area contributed by atoms with E-state index in [0.29, 0.717) is 0 Å². The molecule has 2 aromatic heterocycles. The van der Waals surface area contributed by atoms with Gasteiger partial charge in [-0.15, -0.1) is 0 Å². The lowest BCUT2D eigenvalue weighted by atomic mass is 9.48. The molecular weight excluding hydrogens is 890 g/mol. The number of benzene rings is 10. The van der Waals surface area contributed by atoms with Crippen LogP contribution in [-0.4, -0.2) is 23.4 Å². The van der Waals surface area contributed by atoms with Crippen LogP contribution < -0.4 is 41.0 Å². The number of para-hydroxylation sites is 5. The molecule has 10 aromatic carbocycles. The topological polar surface area (TPSA) is 42.8 Å². The third-order valence-corrected chi connectivity index (χ3v) is 15.5. The van der Waals surface area contributed by atoms with E-state index in [2.05, 4.69) is 250 Å². The number of anilines is 6. The van der Waals surface area contributed by atoms with Crippen molar-refractivity contribution >= 4 is 91.6 Å². The van der Waals surface area contributed by atoms with Gasteiger partial charge in [-0.1, -0.05) is 127 Å². The van der Waals surface area contributed by atoms with Gasteiger partial charge in [-0.05, 0) is 142 Å². The second-order valence-corrected chi connectivity index (χ2v) is 19.3. The molecule has 16 rings (SSSR count). The van der Waals surface area contributed by atoms with Crippen molar-refractivity contribution in [2.75, 3.05) is 9.80 Å². The Kier molecular flexibility index (Phi) is 8.54. The van der Waals surface area contributed by atoms with Crippen LogP contribution in [0.1, 0.15) is 0 Å². The van der Waals surface area contributed by atoms with E-state index in [1.54, 1.807) is 0 Å². The SMILES string of the molecule is c1ccc(N2c3ccc(-n4c5ccccc5c5cc(-c6ccc7c8c6-c6ccccc6OB8c6c(-c8ccncc8)cccc6N7c6ccccc6)ccc54)cc3B3Oc4ccccc4-c4cccc2c43)cc1. The van der Waals surface area contributed by atoms with Crippen molar-refractivity contribution in [3.8, 4) is 61.7 Å². The fraction of sp³-hybridized carbons (Fsp3) is 0. The van der Waals surface area contributed by atoms with Crippen molar-refractivity contribution in [2.24, 2.45) is 0 Å². The third-order valence-electron chi connectivity index (χ3n) is 15.5. The Balaban J connectivity index is 0.899. The van der Waals surface area contributed by atoms with Gasteiger partial charge < -0.3 is 23.7 Å². The van der Waals surface area contributed by atoms with Gasteiger partial charge in [-0.25, -0.2) is 0 Å². The van der Waals surface area contributed by atoms with Crippen molar-refractivity contribution < 1.29 is 9.31 Å². The molecule has 0 N–H and O–H groups in total. The van der Waals surface area contributed by atoms with Crippen LogP contribution in [0.15, 0.2) is 243 Å². The van der Waals surface area contributed by atoms with Crippen LogP contribution >= 0.6 is 0 Å². The molecule has 0 saturated heterocycles. The summed E-state index contributed by atoms with van der Waals surface area (Å²) >= 11 is 0. The zero-order valence-corrected chi connectivity index (χ0v) is 39.4. The standard InChI is InChI=1S/C65H40B2N4O2/c1-3-15-43(16-4-1)69-56-33-30-45(40-53(56)66-64-50(23-14-26-58(64)69)49-20-8-11-27-60(49)72-66)71-54-24-10-7-19-48(54)52-39-42(29-32-55(52)71)46-31-34-59-65-62(46)51-21-9-12-28-61(51)73-67(65)63-47(41-35-37-68-38-36-41)22-13-25-57(63)70(59)44-17-5-2-6-18-44/h1-40H. The normalized spacial score (nSPS) is 13.3. The molecule has 73 heavy (non-hydrogen) atoms. The Morgan fingerprint density at radius 3 is 1.71 bits per heavy atom. The summed E-state index contributed by atoms with van der Waals surface area (Å²) in [6, 6.07) is 83.3. The smallest absolute Gasteiger partial charge is 0.432 e. The molecule has 0 radical (unpaired) electrons. The Bertz CT molecular complexity index is 4260. The third kappa shape index (κ3) is 5.80. The number of aromatic nitrogens is 2. The van der Waals surface area contributed by atoms with Gasteiger partial charge in [0.15, 0.2) is 0 Å². The van der Waals surface area contributed by atoms with E-state index in [-0.39, 0.29) is 13.8 Å². The first-order valence-corrected chi connectivity index (χ1v) is 25.0. The molecule has 338 valence electrons. The average molecular weight is 931 g/mol. The Hall–Kier alpha value is -9.52. The highest BCUT2D eigenvalue weighted by Gasteiger charge is 2.46. The predicted molar refractivity (Wildman–Crippen MR) is 301 cm³/mol. The molecule has 0 saturated carbocycles. The maximum Gasteiger partial charge on any atom is 0.432 e. The molecule has 4 aliphatic rings. The zero-order chi connectivity index (χ0) is 47.7. The van der Waals surface area contributed by atoms with E-state index in [0.717, 1.165) is 112 Å². The highest BCUT2D eigenvalue weighted by molar-refractivity contribution is 6.87. The summed E-state index contributed by atoms with van der Waals surface area (Å²) in [4.78, 5) is 9.21. The molecular formula is C65H40B2N4O2. The van der Waals surface area contributed by atoms with E-state index >= 15 is 0 Å². The number of nitrogens with zero attached hydrogens (tertiary/aromatic N) is 4. The summed E-state index contributed by atoms with van der Waals surface area (Å²) in [6.07, 6.45) is 3.74. The van der Waals surface area contributed by atoms with Gasteiger partial charge in [0, 0.05) is 90.5 Å². The number of rotatable bonds is 5. The molecule has 4 aliphatic heterocycles. The van der Waals surface area contributed by atoms with E-state index in [9.17, 15) is 0 Å². The molecule has 0 spiro atoms. The molecule has 0 bridgehead atoms. The van der Waals surface area contributed by atoms with Crippen molar-refractivity contribution in [3.63, 3.8) is 0 Å². The first-order valence-electron chi connectivity index (χ1n) is 25.0. The van der Waals surface area contributed by atoms with Crippen molar-refractivity contribution in [1.82, 2.24) is 9.55 Å². The molecule has 6 heterocycles. The highest BCUT2D eigenvalue weighted by Crippen LogP contribution is 2.49. The van der Waals surface area contributed by atoms with Gasteiger partial charge in [0.2, 0.25) is 0 Å². The van der Waals surface area contributed by atoms with Crippen LogP contribution in [0.4, 0.5) is 34.1 Å². The van der Waals surface area contributed by atoms with Crippen LogP contribution in [0.2, 0.25) is 0 Å². The van der Waals surface area contributed by atoms with Crippen LogP contribution in [0.25, 0.3) is 72.0 Å². The fourth-order valence-electron chi connectivity index (χ4n) is 12.5. The lowest BCUT2D eigenvalue weighted by Gasteiger charge is -2.41. The molecule has 0 aliphatic carbocycles. The van der Waals surface area contributed by atoms with Gasteiger partial charge in [-0.2, -0.15) is 0 Å². The first kappa shape index (κ1) is 40.2. The maximum absolute atomic E-state index is 7.26. The van der Waals surface area contributed by atoms with Gasteiger partial charge >= 0.3 is 13.8 Å². The van der Waals surface area contributed by atoms with Gasteiger partial charge in [-0.3, -0.25) is 4.98 Å². The van der Waals surface area contributed by atoms with Crippen LogP contribution in [0, 0.1) is 0 Å². The largest absolute Gasteiger partial charge is 0.551 e. The summed E-state index contributed by atoms with van der Waals surface area (Å²) < 4.78 is 16.8. The van der Waals surface area contributed by atoms with Crippen molar-refractivity contribution in [1.29, 1.82) is 0 Å². The molecule has 0 amide bonds. The van der Waals surface area contributed by atoms with Crippen LogP contribution in [0.5, 0.6) is 11.5 Å². The van der Waals surface area contributed by atoms with Crippen molar-refractivity contribution in [3.05, 3.63) is 243 Å². The van der Waals surface area contributed by atoms with Crippen LogP contribution in [0.3, 0.4) is 0 Å². The van der Waals surface area contributed by atoms with Gasteiger partial charge in [0.05, 0.1) is 11.0 Å². The fourth-order valence-corrected chi connectivity index (χ4v) is 12.5. The van der Waals surface area contributed by atoms with E-state index in [1.807, 2.05) is 12.4 Å². The minimum atomic E-state index is -0.365. The van der Waals surface area contributed by atoms with E-state index in [1.165, 1.54) is 27.4 Å². The summed E-state index contributed by atoms with van der Waals surface area (Å²) in [5, 5.41) is 2.38. The number of fused-ring (bicyclic) bond motifs is 11. The molecule has 0 fully saturated rings. The average Bonchev–Trinajstić information content (AvgIpc) is 3.80. The second kappa shape index (κ2) is 15.5. The Morgan fingerprint density at radius 1 is 0.342 bits per heavy atom. The molecule has 12 aromatic rings. The number of pyridine rings is 1. The predicted octanol–water partition coefficient (Wildman–Crippen LogP) is 13.4. The quantitative estimate of drug-likeness (QED) is 0.161. The van der Waals surface area contributed by atoms with E-state index < -0.39 is 0 Å². The second-order valence-electron chi connectivity index (χ2n) is 19.3. The molecule has 0 atom stereocenters. The Morgan fingerprint density at radius 2 is 0.932 bits per heavy atom. The number of hydrogen-bond acceptors (Lipinski definition) is 5. The minimum absolute atomic E-state index is 0.294. The zero-order valence-electron chi connectivity index (χ0n) is 39.4. The lowest BCUT2D eigenvalue weighted by Crippen LogP contribution is -2.56. The molecule has 6 nitrogen and oxygen atoms in total. The van der Waals surface area contributed by atoms with Gasteiger partial charge in [0.25, 0.3) is 0 Å². The Labute approximate surface area is 422 Å². The summed E-state index contributed by atoms with van der Waals surface area (Å²) in [6.45, 7) is -0.658. The lowest BCUT2D eigenvalue weighted by molar-refractivity contribution is 0.589. The van der Waals surface area contributed by atoms with Gasteiger partial charge in [0.1, 0.15) is 11.5 Å². The summed E-state index contributed by atoms with van der Waals surface area (Å²) in [5.41, 5.74) is 23.8. The summed E-state index contributed by atoms with van der Waals surface area (Å²) in [7, 11) is 0. The monoisotopic (exact) mass is 930 g/mol. The highest BCUT2D eigenvalue weighted by atomic mass is 16.4. The van der Waals surface area contributed by atoms with Crippen LogP contribution in [-0.2, 0) is 0 Å². The molecule has 8 heteroatoms.